The first-order valence-corrected chi connectivity index (χ1v) is 13.2. The van der Waals surface area contributed by atoms with Crippen LogP contribution >= 0.6 is 0 Å². The summed E-state index contributed by atoms with van der Waals surface area (Å²) >= 11 is 0. The molecule has 1 aromatic heterocycles. The van der Waals surface area contributed by atoms with Gasteiger partial charge in [0.2, 0.25) is 11.0 Å². The van der Waals surface area contributed by atoms with E-state index in [-0.39, 0.29) is 10.8 Å². The summed E-state index contributed by atoms with van der Waals surface area (Å²) in [4.78, 5) is 0. The van der Waals surface area contributed by atoms with Gasteiger partial charge in [0.05, 0.1) is 10.8 Å². The number of para-hydroxylation sites is 2. The third-order valence-corrected chi connectivity index (χ3v) is 6.87. The first kappa shape index (κ1) is 28.6. The Labute approximate surface area is 216 Å². The van der Waals surface area contributed by atoms with Crippen molar-refractivity contribution in [3.8, 4) is 11.1 Å². The van der Waals surface area contributed by atoms with Crippen molar-refractivity contribution in [3.63, 3.8) is 0 Å². The number of benzene rings is 3. The molecule has 0 aliphatic rings. The molecule has 0 amide bonds. The van der Waals surface area contributed by atoms with Crippen LogP contribution in [0.2, 0.25) is 0 Å². The van der Waals surface area contributed by atoms with Gasteiger partial charge in [0, 0.05) is 17.7 Å². The first-order valence-electron chi connectivity index (χ1n) is 11.8. The zero-order valence-corrected chi connectivity index (χ0v) is 22.9. The van der Waals surface area contributed by atoms with Crippen LogP contribution in [0.3, 0.4) is 0 Å². The number of halogens is 3. The van der Waals surface area contributed by atoms with E-state index >= 15 is 0 Å². The molecule has 198 valence electrons. The van der Waals surface area contributed by atoms with E-state index in [0.717, 1.165) is 0 Å². The van der Waals surface area contributed by atoms with Crippen LogP contribution in [0.4, 0.5) is 13.2 Å². The molecule has 1 heterocycles. The van der Waals surface area contributed by atoms with Gasteiger partial charge in [0.1, 0.15) is 7.05 Å². The summed E-state index contributed by atoms with van der Waals surface area (Å²) in [6.07, 6.45) is 0. The Morgan fingerprint density at radius 3 is 1.38 bits per heavy atom. The molecule has 8 heteroatoms. The summed E-state index contributed by atoms with van der Waals surface area (Å²) in [5, 5.41) is 2.61. The van der Waals surface area contributed by atoms with Gasteiger partial charge in [-0.3, -0.25) is 0 Å². The number of aromatic nitrogens is 1. The Bertz CT molecular complexity index is 1470. The van der Waals surface area contributed by atoms with E-state index in [1.165, 1.54) is 44.1 Å². The highest BCUT2D eigenvalue weighted by atomic mass is 32.2. The average Bonchev–Trinajstić information content (AvgIpc) is 2.77. The van der Waals surface area contributed by atoms with E-state index in [9.17, 15) is 13.2 Å². The maximum absolute atomic E-state index is 10.7. The van der Waals surface area contributed by atoms with Crippen LogP contribution in [0, 0.1) is 0 Å². The normalized spacial score (nSPS) is 12.9. The maximum atomic E-state index is 10.7. The lowest BCUT2D eigenvalue weighted by Crippen LogP contribution is -2.30. The third kappa shape index (κ3) is 6.13. The highest BCUT2D eigenvalue weighted by Gasteiger charge is 2.37. The zero-order chi connectivity index (χ0) is 28.0. The molecule has 0 spiro atoms. The lowest BCUT2D eigenvalue weighted by molar-refractivity contribution is -0.617. The number of rotatable bonds is 1. The quantitative estimate of drug-likeness (QED) is 0.114. The van der Waals surface area contributed by atoms with Gasteiger partial charge in [-0.25, -0.2) is 8.42 Å². The third-order valence-electron chi connectivity index (χ3n) is 6.31. The van der Waals surface area contributed by atoms with Crippen LogP contribution in [0.15, 0.2) is 66.7 Å². The van der Waals surface area contributed by atoms with Crippen molar-refractivity contribution in [1.82, 2.24) is 0 Å². The Morgan fingerprint density at radius 1 is 0.703 bits per heavy atom. The monoisotopic (exact) mass is 531 g/mol. The van der Waals surface area contributed by atoms with Gasteiger partial charge in [-0.1, -0.05) is 84.0 Å². The molecule has 37 heavy (non-hydrogen) atoms. The second-order valence-electron chi connectivity index (χ2n) is 11.2. The number of alkyl halides is 3. The van der Waals surface area contributed by atoms with Crippen molar-refractivity contribution in [1.29, 1.82) is 0 Å². The molecule has 0 atom stereocenters. The second kappa shape index (κ2) is 9.72. The molecule has 0 fully saturated rings. The lowest BCUT2D eigenvalue weighted by Gasteiger charge is -2.26. The van der Waals surface area contributed by atoms with E-state index in [4.69, 9.17) is 13.0 Å². The number of fused-ring (bicyclic) bond motifs is 2. The van der Waals surface area contributed by atoms with Crippen LogP contribution < -0.4 is 4.57 Å². The predicted octanol–water partition coefficient (Wildman–Crippen LogP) is 7.13. The van der Waals surface area contributed by atoms with E-state index < -0.39 is 15.6 Å². The summed E-state index contributed by atoms with van der Waals surface area (Å²) in [5.41, 5.74) is 2.51. The minimum Gasteiger partial charge on any atom is -0.741 e. The smallest absolute Gasteiger partial charge is 0.485 e. The lowest BCUT2D eigenvalue weighted by atomic mass is 9.78. The summed E-state index contributed by atoms with van der Waals surface area (Å²) < 4.78 is 61.2. The van der Waals surface area contributed by atoms with Crippen molar-refractivity contribution >= 4 is 31.9 Å². The number of nitrogens with zero attached hydrogens (tertiary/aromatic N) is 1. The second-order valence-corrected chi connectivity index (χ2v) is 12.5. The Morgan fingerprint density at radius 2 is 1.05 bits per heavy atom. The fourth-order valence-corrected chi connectivity index (χ4v) is 4.18. The molecule has 4 nitrogen and oxygen atoms in total. The number of aryl methyl sites for hydroxylation is 1. The minimum absolute atomic E-state index is 0.0983. The summed E-state index contributed by atoms with van der Waals surface area (Å²) in [6.45, 7) is 13.8. The van der Waals surface area contributed by atoms with Crippen molar-refractivity contribution in [2.45, 2.75) is 57.9 Å². The molecule has 0 bridgehead atoms. The molecule has 0 aliphatic heterocycles. The van der Waals surface area contributed by atoms with Gasteiger partial charge in [0.15, 0.2) is 10.1 Å². The Kier molecular flexibility index (Phi) is 7.52. The van der Waals surface area contributed by atoms with Gasteiger partial charge in [-0.05, 0) is 39.7 Å². The summed E-state index contributed by atoms with van der Waals surface area (Å²) in [7, 11) is -3.92. The molecule has 0 unspecified atom stereocenters. The molecule has 4 rings (SSSR count). The molecule has 0 saturated carbocycles. The zero-order valence-electron chi connectivity index (χ0n) is 22.1. The number of pyridine rings is 1. The summed E-state index contributed by atoms with van der Waals surface area (Å²) in [6, 6.07) is 24.8. The number of hydrogen-bond acceptors (Lipinski definition) is 3. The largest absolute Gasteiger partial charge is 0.741 e. The van der Waals surface area contributed by atoms with Crippen LogP contribution in [0.1, 0.15) is 52.7 Å². The van der Waals surface area contributed by atoms with Crippen molar-refractivity contribution in [3.05, 3.63) is 77.9 Å². The minimum atomic E-state index is -6.09. The molecular weight excluding hydrogens is 499 g/mol. The Balaban J connectivity index is 0.000000414. The van der Waals surface area contributed by atoms with Crippen LogP contribution in [-0.2, 0) is 28.0 Å². The fraction of sp³-hybridized carbons (Fsp3) is 0.345. The maximum Gasteiger partial charge on any atom is 0.485 e. The SMILES string of the molecule is C[n+]1c2ccccc2c(-c2cc(C(C)(C)C)cc(C(C)(C)C)c2)c2ccccc21.O=S(=O)([O-])C(F)(F)F. The van der Waals surface area contributed by atoms with E-state index in [1.807, 2.05) is 0 Å². The van der Waals surface area contributed by atoms with Crippen molar-refractivity contribution in [2.24, 2.45) is 7.05 Å². The van der Waals surface area contributed by atoms with E-state index in [2.05, 4.69) is 120 Å². The summed E-state index contributed by atoms with van der Waals surface area (Å²) in [5.74, 6) is 0. The van der Waals surface area contributed by atoms with E-state index in [0.29, 0.717) is 0 Å². The Hall–Kier alpha value is -2.97. The molecule has 0 saturated heterocycles. The topological polar surface area (TPSA) is 61.1 Å². The molecule has 4 aromatic rings. The highest BCUT2D eigenvalue weighted by molar-refractivity contribution is 7.86. The van der Waals surface area contributed by atoms with E-state index in [1.54, 1.807) is 0 Å². The van der Waals surface area contributed by atoms with Gasteiger partial charge < -0.3 is 4.55 Å². The predicted molar refractivity (Wildman–Crippen MR) is 141 cm³/mol. The molecular formula is C29H32F3NO3S. The molecule has 0 radical (unpaired) electrons. The average molecular weight is 532 g/mol. The molecule has 3 aromatic carbocycles. The number of hydrogen-bond donors (Lipinski definition) is 0. The van der Waals surface area contributed by atoms with Crippen LogP contribution in [0.25, 0.3) is 32.9 Å². The van der Waals surface area contributed by atoms with Crippen molar-refractivity contribution < 1.29 is 30.7 Å². The molecule has 0 aliphatic carbocycles. The van der Waals surface area contributed by atoms with Gasteiger partial charge >= 0.3 is 5.51 Å². The fourth-order valence-electron chi connectivity index (χ4n) is 4.18. The van der Waals surface area contributed by atoms with Gasteiger partial charge in [0.25, 0.3) is 0 Å². The first-order chi connectivity index (χ1) is 16.8. The van der Waals surface area contributed by atoms with Gasteiger partial charge in [-0.2, -0.15) is 17.7 Å². The highest BCUT2D eigenvalue weighted by Crippen LogP contribution is 2.39. The molecule has 0 N–H and O–H groups in total. The van der Waals surface area contributed by atoms with Crippen LogP contribution in [-0.4, -0.2) is 18.5 Å². The van der Waals surface area contributed by atoms with Gasteiger partial charge in [-0.15, -0.1) is 0 Å². The van der Waals surface area contributed by atoms with Crippen molar-refractivity contribution in [2.75, 3.05) is 0 Å². The standard InChI is InChI=1S/C28H32N.CHF3O3S/c1-27(2,3)20-16-19(17-21(18-20)28(4,5)6)26-22-12-8-10-14-24(22)29(7)25-15-11-9-13-23(25)26;2-1(3,4)8(5,6)7/h8-18H,1-7H3;(H,5,6,7)/q+1;/p-1. The van der Waals surface area contributed by atoms with Crippen LogP contribution in [0.5, 0.6) is 0 Å².